The van der Waals surface area contributed by atoms with Crippen molar-refractivity contribution in [3.05, 3.63) is 123 Å². The first kappa shape index (κ1) is 35.9. The van der Waals surface area contributed by atoms with Crippen LogP contribution >= 0.6 is 0 Å². The fourth-order valence-electron chi connectivity index (χ4n) is 7.10. The molecule has 5 aromatic rings. The Bertz CT molecular complexity index is 2300. The summed E-state index contributed by atoms with van der Waals surface area (Å²) in [6, 6.07) is 22.1. The number of phenols is 1. The molecule has 0 bridgehead atoms. The molecular weight excluding hydrogens is 684 g/mol. The third-order valence-electron chi connectivity index (χ3n) is 9.73. The number of aliphatic hydroxyl groups is 5. The van der Waals surface area contributed by atoms with Crippen LogP contribution in [0.1, 0.15) is 67.9 Å². The molecule has 12 nitrogen and oxygen atoms in total. The maximum absolute atomic E-state index is 14.9. The number of ether oxygens (including phenoxy) is 3. The lowest BCUT2D eigenvalue weighted by molar-refractivity contribution is -0.268. The van der Waals surface area contributed by atoms with E-state index in [1.165, 1.54) is 26.0 Å². The minimum atomic E-state index is -1.75. The van der Waals surface area contributed by atoms with Gasteiger partial charge in [-0.3, -0.25) is 14.4 Å². The fraction of sp³-hybridized carbons (Fsp3) is 0.244. The molecule has 1 fully saturated rings. The largest absolute Gasteiger partial charge is 0.507 e. The van der Waals surface area contributed by atoms with Gasteiger partial charge in [-0.05, 0) is 58.1 Å². The quantitative estimate of drug-likeness (QED) is 0.0986. The molecule has 2 aliphatic rings. The summed E-state index contributed by atoms with van der Waals surface area (Å²) in [6.45, 7) is 1.67. The number of ketones is 2. The Balaban J connectivity index is 1.46. The third-order valence-corrected chi connectivity index (χ3v) is 9.73. The van der Waals surface area contributed by atoms with Crippen molar-refractivity contribution in [2.75, 3.05) is 0 Å². The van der Waals surface area contributed by atoms with Gasteiger partial charge in [0.05, 0.1) is 24.9 Å². The number of phenolic OH excluding ortho intramolecular Hbond substituents is 1. The lowest BCUT2D eigenvalue weighted by atomic mass is 9.76. The van der Waals surface area contributed by atoms with Crippen LogP contribution in [0.4, 0.5) is 0 Å². The number of rotatable bonds is 8. The van der Waals surface area contributed by atoms with Crippen molar-refractivity contribution in [3.8, 4) is 28.4 Å². The molecule has 272 valence electrons. The summed E-state index contributed by atoms with van der Waals surface area (Å²) in [6.07, 6.45) is -7.48. The Labute approximate surface area is 303 Å². The van der Waals surface area contributed by atoms with Crippen LogP contribution in [0.5, 0.6) is 17.2 Å². The molecule has 1 aliphatic carbocycles. The van der Waals surface area contributed by atoms with E-state index in [4.69, 9.17) is 14.2 Å². The van der Waals surface area contributed by atoms with Crippen molar-refractivity contribution in [2.45, 2.75) is 64.2 Å². The first-order valence-corrected chi connectivity index (χ1v) is 16.9. The first-order valence-electron chi connectivity index (χ1n) is 16.9. The highest BCUT2D eigenvalue weighted by molar-refractivity contribution is 6.32. The zero-order valence-electron chi connectivity index (χ0n) is 28.6. The van der Waals surface area contributed by atoms with Crippen LogP contribution in [0.15, 0.2) is 78.9 Å². The van der Waals surface area contributed by atoms with Crippen LogP contribution in [0.2, 0.25) is 0 Å². The van der Waals surface area contributed by atoms with E-state index in [0.717, 1.165) is 10.8 Å². The SMILES string of the molecule is CC(=O)Oc1cc(CO)c2c(c1-c1ccc3ccccc3c1)C(=O)c1cc(OC3OC(C)C(O)C(O)C3O)c(Cc3cccc(CO)c3)c(O)c1C2=O. The zero-order valence-corrected chi connectivity index (χ0v) is 28.6. The highest BCUT2D eigenvalue weighted by atomic mass is 16.7. The second-order valence-corrected chi connectivity index (χ2v) is 13.2. The van der Waals surface area contributed by atoms with Gasteiger partial charge in [0.2, 0.25) is 6.29 Å². The van der Waals surface area contributed by atoms with Gasteiger partial charge in [-0.2, -0.15) is 0 Å². The highest BCUT2D eigenvalue weighted by Crippen LogP contribution is 2.47. The summed E-state index contributed by atoms with van der Waals surface area (Å²) < 4.78 is 17.4. The second kappa shape index (κ2) is 14.2. The molecule has 6 N–H and O–H groups in total. The minimum absolute atomic E-state index is 0.0121. The zero-order chi connectivity index (χ0) is 37.7. The molecule has 53 heavy (non-hydrogen) atoms. The summed E-state index contributed by atoms with van der Waals surface area (Å²) >= 11 is 0. The lowest BCUT2D eigenvalue weighted by Crippen LogP contribution is -2.58. The van der Waals surface area contributed by atoms with Gasteiger partial charge in [0.25, 0.3) is 0 Å². The van der Waals surface area contributed by atoms with Crippen molar-refractivity contribution < 1.29 is 59.2 Å². The van der Waals surface area contributed by atoms with E-state index in [1.54, 1.807) is 36.4 Å². The summed E-state index contributed by atoms with van der Waals surface area (Å²) in [7, 11) is 0. The highest BCUT2D eigenvalue weighted by Gasteiger charge is 2.45. The maximum Gasteiger partial charge on any atom is 0.308 e. The molecule has 1 saturated heterocycles. The third kappa shape index (κ3) is 6.35. The van der Waals surface area contributed by atoms with Crippen molar-refractivity contribution in [1.29, 1.82) is 0 Å². The molecule has 5 atom stereocenters. The number of carbonyl (C=O) groups is 3. The lowest BCUT2D eigenvalue weighted by Gasteiger charge is -2.39. The smallest absolute Gasteiger partial charge is 0.308 e. The molecule has 7 rings (SSSR count). The van der Waals surface area contributed by atoms with Crippen LogP contribution in [0, 0.1) is 0 Å². The van der Waals surface area contributed by atoms with E-state index in [9.17, 15) is 45.0 Å². The van der Waals surface area contributed by atoms with Crippen molar-refractivity contribution >= 4 is 28.3 Å². The number of benzene rings is 5. The van der Waals surface area contributed by atoms with Crippen molar-refractivity contribution in [1.82, 2.24) is 0 Å². The number of hydrogen-bond donors (Lipinski definition) is 6. The molecule has 12 heteroatoms. The number of aliphatic hydroxyl groups excluding tert-OH is 5. The van der Waals surface area contributed by atoms with Gasteiger partial charge < -0.3 is 44.8 Å². The summed E-state index contributed by atoms with van der Waals surface area (Å²) in [5, 5.41) is 65.5. The molecule has 0 saturated carbocycles. The molecule has 0 aromatic heterocycles. The van der Waals surface area contributed by atoms with Gasteiger partial charge in [0, 0.05) is 41.2 Å². The Morgan fingerprint density at radius 2 is 1.47 bits per heavy atom. The van der Waals surface area contributed by atoms with E-state index < -0.39 is 60.6 Å². The molecular formula is C41H36O12. The molecule has 5 aromatic carbocycles. The summed E-state index contributed by atoms with van der Waals surface area (Å²) in [5.74, 6) is -3.11. The Morgan fingerprint density at radius 3 is 2.19 bits per heavy atom. The van der Waals surface area contributed by atoms with Gasteiger partial charge in [-0.15, -0.1) is 0 Å². The first-order chi connectivity index (χ1) is 25.4. The van der Waals surface area contributed by atoms with Crippen molar-refractivity contribution in [3.63, 3.8) is 0 Å². The topological polar surface area (TPSA) is 200 Å². The number of fused-ring (bicyclic) bond motifs is 3. The monoisotopic (exact) mass is 720 g/mol. The van der Waals surface area contributed by atoms with Crippen LogP contribution < -0.4 is 9.47 Å². The predicted octanol–water partition coefficient (Wildman–Crippen LogP) is 3.69. The summed E-state index contributed by atoms with van der Waals surface area (Å²) in [4.78, 5) is 41.8. The van der Waals surface area contributed by atoms with Crippen molar-refractivity contribution in [2.24, 2.45) is 0 Å². The number of hydrogen-bond acceptors (Lipinski definition) is 12. The average molecular weight is 721 g/mol. The normalized spacial score (nSPS) is 20.9. The van der Waals surface area contributed by atoms with E-state index in [-0.39, 0.29) is 63.5 Å². The van der Waals surface area contributed by atoms with E-state index in [0.29, 0.717) is 16.7 Å². The van der Waals surface area contributed by atoms with Gasteiger partial charge in [0.1, 0.15) is 35.6 Å². The number of aromatic hydroxyl groups is 1. The molecule has 0 spiro atoms. The average Bonchev–Trinajstić information content (AvgIpc) is 3.15. The standard InChI is InChI=1S/C41H36O12/c1-19-35(45)39(49)40(50)41(51-19)53-29-16-28-33(36(46)27(29)13-21-6-5-7-22(12-21)17-42)38(48)32-26(18-43)15-30(52-20(2)44)31(34(32)37(28)47)25-11-10-23-8-3-4-9-24(23)14-25/h3-12,14-16,19,35,39-43,45-46,49-50H,13,17-18H2,1-2H3. The molecule has 5 unspecified atom stereocenters. The van der Waals surface area contributed by atoms with Crippen LogP contribution in [-0.2, 0) is 29.2 Å². The van der Waals surface area contributed by atoms with Crippen LogP contribution in [0.3, 0.4) is 0 Å². The fourth-order valence-corrected chi connectivity index (χ4v) is 7.10. The van der Waals surface area contributed by atoms with Gasteiger partial charge in [-0.25, -0.2) is 0 Å². The van der Waals surface area contributed by atoms with Gasteiger partial charge >= 0.3 is 5.97 Å². The second-order valence-electron chi connectivity index (χ2n) is 13.2. The minimum Gasteiger partial charge on any atom is -0.507 e. The van der Waals surface area contributed by atoms with Crippen LogP contribution in [0.25, 0.3) is 21.9 Å². The number of esters is 1. The predicted molar refractivity (Wildman–Crippen MR) is 190 cm³/mol. The van der Waals surface area contributed by atoms with E-state index >= 15 is 0 Å². The van der Waals surface area contributed by atoms with E-state index in [2.05, 4.69) is 0 Å². The molecule has 0 radical (unpaired) electrons. The summed E-state index contributed by atoms with van der Waals surface area (Å²) in [5.41, 5.74) is 0.708. The van der Waals surface area contributed by atoms with Gasteiger partial charge in [-0.1, -0.05) is 60.7 Å². The van der Waals surface area contributed by atoms with E-state index in [1.807, 2.05) is 30.3 Å². The number of carbonyl (C=O) groups excluding carboxylic acids is 3. The molecule has 1 aliphatic heterocycles. The Morgan fingerprint density at radius 1 is 0.736 bits per heavy atom. The Kier molecular flexibility index (Phi) is 9.60. The van der Waals surface area contributed by atoms with Gasteiger partial charge in [0.15, 0.2) is 11.6 Å². The molecule has 1 heterocycles. The van der Waals surface area contributed by atoms with Crippen LogP contribution in [-0.4, -0.2) is 78.9 Å². The maximum atomic E-state index is 14.9. The molecule has 0 amide bonds. The Hall–Kier alpha value is -5.47.